The van der Waals surface area contributed by atoms with Gasteiger partial charge in [-0.2, -0.15) is 5.26 Å². The van der Waals surface area contributed by atoms with E-state index in [1.54, 1.807) is 17.4 Å². The molecule has 0 bridgehead atoms. The van der Waals surface area contributed by atoms with Gasteiger partial charge in [0.2, 0.25) is 0 Å². The fourth-order valence-corrected chi connectivity index (χ4v) is 4.60. The predicted molar refractivity (Wildman–Crippen MR) is 147 cm³/mol. The Morgan fingerprint density at radius 3 is 2.53 bits per heavy atom. The molecule has 1 heterocycles. The molecule has 0 aliphatic heterocycles. The lowest BCUT2D eigenvalue weighted by atomic mass is 9.95. The Morgan fingerprint density at radius 1 is 1.19 bits per heavy atom. The zero-order valence-electron chi connectivity index (χ0n) is 20.5. The van der Waals surface area contributed by atoms with Crippen molar-refractivity contribution in [1.82, 2.24) is 10.6 Å². The second kappa shape index (κ2) is 12.0. The quantitative estimate of drug-likeness (QED) is 0.243. The van der Waals surface area contributed by atoms with Crippen molar-refractivity contribution in [3.63, 3.8) is 0 Å². The van der Waals surface area contributed by atoms with Crippen LogP contribution in [0.4, 0.5) is 4.39 Å². The number of nitrogens with zero attached hydrogens (tertiary/aromatic N) is 1. The van der Waals surface area contributed by atoms with E-state index < -0.39 is 0 Å². The van der Waals surface area contributed by atoms with Crippen LogP contribution in [0.2, 0.25) is 5.02 Å². The number of thiophene rings is 1. The largest absolute Gasteiger partial charge is 0.377 e. The van der Waals surface area contributed by atoms with E-state index >= 15 is 0 Å². The topological polar surface area (TPSA) is 64.9 Å². The average molecular weight is 522 g/mol. The predicted octanol–water partition coefficient (Wildman–Crippen LogP) is 7.22. The van der Waals surface area contributed by atoms with Crippen LogP contribution in [-0.2, 0) is 16.8 Å². The molecule has 3 aromatic rings. The van der Waals surface area contributed by atoms with Crippen molar-refractivity contribution >= 4 is 34.4 Å². The number of amides is 1. The molecule has 0 unspecified atom stereocenters. The van der Waals surface area contributed by atoms with Gasteiger partial charge in [-0.05, 0) is 71.0 Å². The number of hydrogen-bond donors (Lipinski definition) is 2. The van der Waals surface area contributed by atoms with Gasteiger partial charge in [-0.3, -0.25) is 4.79 Å². The minimum atomic E-state index is -0.366. The van der Waals surface area contributed by atoms with Crippen molar-refractivity contribution in [3.8, 4) is 16.5 Å². The highest BCUT2D eigenvalue weighted by Crippen LogP contribution is 2.50. The molecular formula is C29H29ClFN3OS. The summed E-state index contributed by atoms with van der Waals surface area (Å²) in [6.45, 7) is 12.1. The molecule has 1 aliphatic carbocycles. The average Bonchev–Trinajstić information content (AvgIpc) is 3.38. The third-order valence-corrected chi connectivity index (χ3v) is 7.25. The molecule has 1 saturated carbocycles. The number of halogens is 2. The number of hydrogen-bond acceptors (Lipinski definition) is 4. The second-order valence-corrected chi connectivity index (χ2v) is 10.3. The molecule has 1 amide bonds. The van der Waals surface area contributed by atoms with Crippen LogP contribution in [0.25, 0.3) is 16.0 Å². The zero-order valence-corrected chi connectivity index (χ0v) is 22.0. The number of rotatable bonds is 8. The first kappa shape index (κ1) is 27.2. The number of nitrogens with one attached hydrogen (secondary N) is 2. The Bertz CT molecular complexity index is 1310. The molecule has 4 rings (SSSR count). The number of carbonyl (C=O) groups is 1. The van der Waals surface area contributed by atoms with E-state index in [1.807, 2.05) is 60.8 Å². The van der Waals surface area contributed by atoms with Gasteiger partial charge < -0.3 is 10.6 Å². The van der Waals surface area contributed by atoms with Gasteiger partial charge in [0, 0.05) is 11.4 Å². The van der Waals surface area contributed by atoms with E-state index in [0.29, 0.717) is 6.54 Å². The van der Waals surface area contributed by atoms with Crippen molar-refractivity contribution in [2.24, 2.45) is 0 Å². The summed E-state index contributed by atoms with van der Waals surface area (Å²) in [7, 11) is 0. The number of nitriles is 1. The fraction of sp³-hybridized carbons (Fsp3) is 0.241. The number of allylic oxidation sites excluding steroid dienone is 1. The Labute approximate surface area is 221 Å². The van der Waals surface area contributed by atoms with Gasteiger partial charge in [-0.1, -0.05) is 67.6 Å². The molecule has 1 aromatic heterocycles. The standard InChI is InChI=1S/C15H17N3O.C14H12ClFS/c1-11(2)14-7-5-4-6-13(14)10-18-12(3)15(19)17-9-8-16;1-14(4-5-14)10-7-9(8-11(15)13(10)16)12-3-2-6-17-12/h4-7,18H,1,3,9-10H2,2H3,(H,17,19);2-3,6-8H,4-5H2,1H3. The lowest BCUT2D eigenvalue weighted by Crippen LogP contribution is -2.31. The van der Waals surface area contributed by atoms with Gasteiger partial charge in [0.15, 0.2) is 0 Å². The van der Waals surface area contributed by atoms with Crippen LogP contribution in [0.3, 0.4) is 0 Å². The molecule has 0 saturated heterocycles. The van der Waals surface area contributed by atoms with Crippen molar-refractivity contribution in [2.45, 2.75) is 38.6 Å². The summed E-state index contributed by atoms with van der Waals surface area (Å²) in [6.07, 6.45) is 2.10. The Morgan fingerprint density at radius 2 is 1.92 bits per heavy atom. The molecule has 0 atom stereocenters. The molecule has 2 aromatic carbocycles. The second-order valence-electron chi connectivity index (χ2n) is 8.97. The summed E-state index contributed by atoms with van der Waals surface area (Å²) >= 11 is 7.65. The van der Waals surface area contributed by atoms with Crippen molar-refractivity contribution in [3.05, 3.63) is 100 Å². The Balaban J connectivity index is 0.000000201. The number of carbonyl (C=O) groups excluding carboxylic acids is 1. The zero-order chi connectivity index (χ0) is 26.3. The third-order valence-electron chi connectivity index (χ3n) is 6.06. The van der Waals surface area contributed by atoms with Crippen molar-refractivity contribution in [1.29, 1.82) is 5.26 Å². The maximum atomic E-state index is 14.0. The van der Waals surface area contributed by atoms with Crippen LogP contribution in [0.5, 0.6) is 0 Å². The van der Waals surface area contributed by atoms with Crippen LogP contribution in [0.15, 0.2) is 72.8 Å². The van der Waals surface area contributed by atoms with Crippen LogP contribution < -0.4 is 10.6 Å². The van der Waals surface area contributed by atoms with Gasteiger partial charge in [0.1, 0.15) is 12.4 Å². The van der Waals surface area contributed by atoms with Crippen LogP contribution in [0.1, 0.15) is 43.4 Å². The van der Waals surface area contributed by atoms with Crippen LogP contribution in [0, 0.1) is 17.1 Å². The summed E-state index contributed by atoms with van der Waals surface area (Å²) < 4.78 is 14.0. The molecule has 2 N–H and O–H groups in total. The van der Waals surface area contributed by atoms with E-state index in [1.165, 1.54) is 0 Å². The minimum absolute atomic E-state index is 0.000985. The van der Waals surface area contributed by atoms with E-state index in [2.05, 4.69) is 30.7 Å². The van der Waals surface area contributed by atoms with E-state index in [-0.39, 0.29) is 34.4 Å². The van der Waals surface area contributed by atoms with Gasteiger partial charge >= 0.3 is 0 Å². The molecule has 186 valence electrons. The van der Waals surface area contributed by atoms with Gasteiger partial charge in [0.05, 0.1) is 16.8 Å². The maximum Gasteiger partial charge on any atom is 0.267 e. The lowest BCUT2D eigenvalue weighted by molar-refractivity contribution is -0.117. The van der Waals surface area contributed by atoms with Gasteiger partial charge in [-0.15, -0.1) is 11.3 Å². The summed E-state index contributed by atoms with van der Waals surface area (Å²) in [5.74, 6) is -0.610. The molecule has 0 radical (unpaired) electrons. The summed E-state index contributed by atoms with van der Waals surface area (Å²) in [5.41, 5.74) is 5.11. The molecule has 4 nitrogen and oxygen atoms in total. The number of benzene rings is 2. The van der Waals surface area contributed by atoms with Crippen LogP contribution >= 0.6 is 22.9 Å². The summed E-state index contributed by atoms with van der Waals surface area (Å²) in [4.78, 5) is 12.6. The first-order valence-corrected chi connectivity index (χ1v) is 12.8. The van der Waals surface area contributed by atoms with Gasteiger partial charge in [-0.25, -0.2) is 4.39 Å². The van der Waals surface area contributed by atoms with Crippen LogP contribution in [-0.4, -0.2) is 12.5 Å². The van der Waals surface area contributed by atoms with E-state index in [4.69, 9.17) is 16.9 Å². The van der Waals surface area contributed by atoms with E-state index in [9.17, 15) is 9.18 Å². The molecule has 7 heteroatoms. The lowest BCUT2D eigenvalue weighted by Gasteiger charge is -2.13. The summed E-state index contributed by atoms with van der Waals surface area (Å²) in [6, 6.07) is 17.4. The summed E-state index contributed by atoms with van der Waals surface area (Å²) in [5, 5.41) is 16.0. The maximum absolute atomic E-state index is 14.0. The molecule has 0 spiro atoms. The van der Waals surface area contributed by atoms with E-state index in [0.717, 1.165) is 45.5 Å². The highest BCUT2D eigenvalue weighted by atomic mass is 35.5. The fourth-order valence-electron chi connectivity index (χ4n) is 3.67. The minimum Gasteiger partial charge on any atom is -0.377 e. The van der Waals surface area contributed by atoms with Gasteiger partial charge in [0.25, 0.3) is 5.91 Å². The van der Waals surface area contributed by atoms with Crippen molar-refractivity contribution < 1.29 is 9.18 Å². The first-order valence-electron chi connectivity index (χ1n) is 11.5. The Hall–Kier alpha value is -3.40. The Kier molecular flexibility index (Phi) is 9.08. The normalized spacial score (nSPS) is 13.0. The van der Waals surface area contributed by atoms with Crippen molar-refractivity contribution in [2.75, 3.05) is 6.54 Å². The smallest absolute Gasteiger partial charge is 0.267 e. The monoisotopic (exact) mass is 521 g/mol. The highest BCUT2D eigenvalue weighted by molar-refractivity contribution is 7.13. The molecule has 1 aliphatic rings. The molecule has 36 heavy (non-hydrogen) atoms. The molecular weight excluding hydrogens is 493 g/mol. The third kappa shape index (κ3) is 6.84. The molecule has 1 fully saturated rings. The SMILES string of the molecule is C=C(NCc1ccccc1C(=C)C)C(=O)NCC#N.CC1(c2cc(-c3cccs3)cc(Cl)c2F)CC1. The first-order chi connectivity index (χ1) is 17.2. The highest BCUT2D eigenvalue weighted by Gasteiger charge is 2.41.